The number of amides is 1. The second-order valence-electron chi connectivity index (χ2n) is 5.36. The molecule has 0 aromatic rings. The molecule has 5 heteroatoms. The summed E-state index contributed by atoms with van der Waals surface area (Å²) in [4.78, 5) is 24.5. The summed E-state index contributed by atoms with van der Waals surface area (Å²) < 4.78 is 0. The van der Waals surface area contributed by atoms with Gasteiger partial charge in [-0.3, -0.25) is 9.59 Å². The molecule has 1 saturated carbocycles. The number of nitrogens with zero attached hydrogens (tertiary/aromatic N) is 1. The van der Waals surface area contributed by atoms with Gasteiger partial charge in [0, 0.05) is 38.0 Å². The van der Waals surface area contributed by atoms with Crippen molar-refractivity contribution in [3.8, 4) is 0 Å². The maximum absolute atomic E-state index is 11.6. The van der Waals surface area contributed by atoms with E-state index in [0.717, 1.165) is 32.0 Å². The quantitative estimate of drug-likeness (QED) is 0.741. The number of aliphatic carboxylic acids is 1. The van der Waals surface area contributed by atoms with Gasteiger partial charge in [0.15, 0.2) is 0 Å². The third-order valence-corrected chi connectivity index (χ3v) is 3.75. The summed E-state index contributed by atoms with van der Waals surface area (Å²) in [6.07, 6.45) is 5.57. The van der Waals surface area contributed by atoms with Gasteiger partial charge in [-0.15, -0.1) is 0 Å². The average molecular weight is 254 g/mol. The van der Waals surface area contributed by atoms with Crippen LogP contribution < -0.4 is 5.32 Å². The molecule has 1 heterocycles. The molecule has 0 atom stereocenters. The van der Waals surface area contributed by atoms with Crippen molar-refractivity contribution in [3.63, 3.8) is 0 Å². The van der Waals surface area contributed by atoms with E-state index in [2.05, 4.69) is 10.2 Å². The van der Waals surface area contributed by atoms with Crippen molar-refractivity contribution < 1.29 is 14.7 Å². The number of carboxylic acid groups (broad SMARTS) is 1. The van der Waals surface area contributed by atoms with Crippen LogP contribution in [0.2, 0.25) is 0 Å². The standard InChI is InChI=1S/C13H22N2O3/c16-12(2-1-3-13(17)18)14-10-6-8-15(9-7-10)11-4-5-11/h10-11H,1-9H2,(H,14,16)(H,17,18). The number of carbonyl (C=O) groups excluding carboxylic acids is 1. The van der Waals surface area contributed by atoms with Crippen LogP contribution >= 0.6 is 0 Å². The molecule has 1 aliphatic carbocycles. The van der Waals surface area contributed by atoms with E-state index in [1.165, 1.54) is 12.8 Å². The Hall–Kier alpha value is -1.10. The molecule has 0 aromatic heterocycles. The molecule has 2 fully saturated rings. The van der Waals surface area contributed by atoms with Crippen molar-refractivity contribution in [1.29, 1.82) is 0 Å². The van der Waals surface area contributed by atoms with E-state index in [4.69, 9.17) is 5.11 Å². The Balaban J connectivity index is 1.58. The molecule has 2 aliphatic rings. The minimum atomic E-state index is -0.833. The first-order valence-corrected chi connectivity index (χ1v) is 6.90. The summed E-state index contributed by atoms with van der Waals surface area (Å²) in [5.41, 5.74) is 0. The van der Waals surface area contributed by atoms with E-state index in [1.54, 1.807) is 0 Å². The van der Waals surface area contributed by atoms with Crippen LogP contribution in [0.5, 0.6) is 0 Å². The molecule has 1 amide bonds. The van der Waals surface area contributed by atoms with E-state index in [1.807, 2.05) is 0 Å². The minimum Gasteiger partial charge on any atom is -0.481 e. The number of hydrogen-bond donors (Lipinski definition) is 2. The summed E-state index contributed by atoms with van der Waals surface area (Å²) in [5, 5.41) is 11.5. The van der Waals surface area contributed by atoms with Crippen molar-refractivity contribution in [2.75, 3.05) is 13.1 Å². The van der Waals surface area contributed by atoms with Gasteiger partial charge in [-0.05, 0) is 32.1 Å². The average Bonchev–Trinajstić information content (AvgIpc) is 3.13. The first-order valence-electron chi connectivity index (χ1n) is 6.90. The molecule has 1 saturated heterocycles. The largest absolute Gasteiger partial charge is 0.481 e. The van der Waals surface area contributed by atoms with Gasteiger partial charge in [0.05, 0.1) is 0 Å². The fourth-order valence-corrected chi connectivity index (χ4v) is 2.55. The first-order chi connectivity index (χ1) is 8.65. The van der Waals surface area contributed by atoms with Gasteiger partial charge in [0.1, 0.15) is 0 Å². The number of rotatable bonds is 6. The van der Waals surface area contributed by atoms with Crippen molar-refractivity contribution in [3.05, 3.63) is 0 Å². The fourth-order valence-electron chi connectivity index (χ4n) is 2.55. The van der Waals surface area contributed by atoms with Crippen molar-refractivity contribution in [2.45, 2.75) is 57.0 Å². The predicted octanol–water partition coefficient (Wildman–Crippen LogP) is 0.984. The zero-order valence-corrected chi connectivity index (χ0v) is 10.7. The number of nitrogens with one attached hydrogen (secondary N) is 1. The van der Waals surface area contributed by atoms with E-state index < -0.39 is 5.97 Å². The number of likely N-dealkylation sites (tertiary alicyclic amines) is 1. The van der Waals surface area contributed by atoms with Crippen LogP contribution in [-0.4, -0.2) is 47.1 Å². The van der Waals surface area contributed by atoms with Crippen LogP contribution in [0.3, 0.4) is 0 Å². The molecule has 0 spiro atoms. The summed E-state index contributed by atoms with van der Waals surface area (Å²) in [5.74, 6) is -0.832. The highest BCUT2D eigenvalue weighted by atomic mass is 16.4. The molecule has 18 heavy (non-hydrogen) atoms. The summed E-state index contributed by atoms with van der Waals surface area (Å²) >= 11 is 0. The monoisotopic (exact) mass is 254 g/mol. The lowest BCUT2D eigenvalue weighted by molar-refractivity contribution is -0.137. The van der Waals surface area contributed by atoms with E-state index in [-0.39, 0.29) is 18.4 Å². The summed E-state index contributed by atoms with van der Waals surface area (Å²) in [6.45, 7) is 2.18. The zero-order valence-electron chi connectivity index (χ0n) is 10.7. The summed E-state index contributed by atoms with van der Waals surface area (Å²) in [7, 11) is 0. The molecule has 1 aliphatic heterocycles. The minimum absolute atomic E-state index is 0.00104. The Kier molecular flexibility index (Phi) is 4.58. The van der Waals surface area contributed by atoms with Gasteiger partial charge in [0.2, 0.25) is 5.91 Å². The van der Waals surface area contributed by atoms with Gasteiger partial charge in [-0.2, -0.15) is 0 Å². The predicted molar refractivity (Wildman–Crippen MR) is 67.2 cm³/mol. The fraction of sp³-hybridized carbons (Fsp3) is 0.846. The Labute approximate surface area is 108 Å². The van der Waals surface area contributed by atoms with Crippen molar-refractivity contribution >= 4 is 11.9 Å². The number of hydrogen-bond acceptors (Lipinski definition) is 3. The third-order valence-electron chi connectivity index (χ3n) is 3.75. The highest BCUT2D eigenvalue weighted by Gasteiger charge is 2.31. The van der Waals surface area contributed by atoms with Gasteiger partial charge in [0.25, 0.3) is 0 Å². The van der Waals surface area contributed by atoms with Crippen LogP contribution in [-0.2, 0) is 9.59 Å². The van der Waals surface area contributed by atoms with Crippen molar-refractivity contribution in [1.82, 2.24) is 10.2 Å². The second-order valence-corrected chi connectivity index (χ2v) is 5.36. The Morgan fingerprint density at radius 2 is 1.78 bits per heavy atom. The zero-order chi connectivity index (χ0) is 13.0. The molecule has 2 N–H and O–H groups in total. The second kappa shape index (κ2) is 6.18. The molecule has 0 unspecified atom stereocenters. The van der Waals surface area contributed by atoms with Gasteiger partial charge < -0.3 is 15.3 Å². The third kappa shape index (κ3) is 4.29. The van der Waals surface area contributed by atoms with Crippen molar-refractivity contribution in [2.24, 2.45) is 0 Å². The normalized spacial score (nSPS) is 21.8. The Morgan fingerprint density at radius 3 is 2.33 bits per heavy atom. The lowest BCUT2D eigenvalue weighted by atomic mass is 10.0. The van der Waals surface area contributed by atoms with Crippen LogP contribution in [0.15, 0.2) is 0 Å². The number of piperidine rings is 1. The molecule has 0 radical (unpaired) electrons. The maximum atomic E-state index is 11.6. The van der Waals surface area contributed by atoms with E-state index >= 15 is 0 Å². The summed E-state index contributed by atoms with van der Waals surface area (Å²) in [6, 6.07) is 1.11. The van der Waals surface area contributed by atoms with Gasteiger partial charge in [-0.1, -0.05) is 0 Å². The molecular weight excluding hydrogens is 232 g/mol. The Morgan fingerprint density at radius 1 is 1.11 bits per heavy atom. The van der Waals surface area contributed by atoms with Gasteiger partial charge >= 0.3 is 5.97 Å². The lowest BCUT2D eigenvalue weighted by Crippen LogP contribution is -2.45. The van der Waals surface area contributed by atoms with Crippen LogP contribution in [0, 0.1) is 0 Å². The van der Waals surface area contributed by atoms with Crippen LogP contribution in [0.25, 0.3) is 0 Å². The molecule has 0 bridgehead atoms. The van der Waals surface area contributed by atoms with Crippen LogP contribution in [0.4, 0.5) is 0 Å². The molecule has 2 rings (SSSR count). The highest BCUT2D eigenvalue weighted by Crippen LogP contribution is 2.29. The molecule has 102 valence electrons. The lowest BCUT2D eigenvalue weighted by Gasteiger charge is -2.32. The SMILES string of the molecule is O=C(O)CCCC(=O)NC1CCN(C2CC2)CC1. The topological polar surface area (TPSA) is 69.6 Å². The first kappa shape index (κ1) is 13.3. The highest BCUT2D eigenvalue weighted by molar-refractivity contribution is 5.77. The Bertz CT molecular complexity index is 307. The molecule has 0 aromatic carbocycles. The van der Waals surface area contributed by atoms with Gasteiger partial charge in [-0.25, -0.2) is 0 Å². The maximum Gasteiger partial charge on any atom is 0.303 e. The molecule has 5 nitrogen and oxygen atoms in total. The van der Waals surface area contributed by atoms with E-state index in [0.29, 0.717) is 12.8 Å². The van der Waals surface area contributed by atoms with E-state index in [9.17, 15) is 9.59 Å². The smallest absolute Gasteiger partial charge is 0.303 e. The number of carbonyl (C=O) groups is 2. The van der Waals surface area contributed by atoms with Crippen LogP contribution in [0.1, 0.15) is 44.9 Å². The number of carboxylic acids is 1. The molecular formula is C13H22N2O3.